The normalized spacial score (nSPS) is 16.2. The number of benzene rings is 1. The van der Waals surface area contributed by atoms with Crippen LogP contribution < -0.4 is 16.2 Å². The van der Waals surface area contributed by atoms with Crippen LogP contribution in [0.25, 0.3) is 0 Å². The molecule has 1 aromatic carbocycles. The fourth-order valence-electron chi connectivity index (χ4n) is 1.82. The molecular formula is C10H11N5O2S. The largest absolute Gasteiger partial charge is 0.375 e. The summed E-state index contributed by atoms with van der Waals surface area (Å²) in [5.74, 6) is 0. The average molecular weight is 265 g/mol. The van der Waals surface area contributed by atoms with Gasteiger partial charge in [-0.15, -0.1) is 0 Å². The Balaban J connectivity index is 2.39. The summed E-state index contributed by atoms with van der Waals surface area (Å²) in [5, 5.41) is 15.7. The number of nitrogens with two attached hydrogens (primary N) is 1. The first-order valence-electron chi connectivity index (χ1n) is 5.23. The summed E-state index contributed by atoms with van der Waals surface area (Å²) in [6.45, 7) is 0.266. The quantitative estimate of drug-likeness (QED) is 0.462. The van der Waals surface area contributed by atoms with E-state index in [1.165, 1.54) is 0 Å². The van der Waals surface area contributed by atoms with Crippen molar-refractivity contribution in [3.8, 4) is 0 Å². The molecule has 94 valence electrons. The van der Waals surface area contributed by atoms with Crippen molar-refractivity contribution in [1.82, 2.24) is 5.43 Å². The molecule has 0 bridgehead atoms. The first-order valence-corrected chi connectivity index (χ1v) is 5.63. The molecule has 1 aromatic rings. The molecule has 2 rings (SSSR count). The molecular weight excluding hydrogens is 254 g/mol. The number of hydrogen-bond donors (Lipinski definition) is 2. The SMILES string of the molecule is NC(=S)N/N=C1\CCN([N+](=O)[O-])c2ccccc21. The second kappa shape index (κ2) is 4.96. The highest BCUT2D eigenvalue weighted by molar-refractivity contribution is 7.80. The molecule has 0 atom stereocenters. The van der Waals surface area contributed by atoms with Gasteiger partial charge in [0, 0.05) is 12.0 Å². The molecule has 0 saturated heterocycles. The molecule has 8 heteroatoms. The number of nitro groups is 1. The van der Waals surface area contributed by atoms with Crippen molar-refractivity contribution in [2.75, 3.05) is 11.6 Å². The van der Waals surface area contributed by atoms with Gasteiger partial charge in [-0.2, -0.15) is 5.10 Å². The predicted octanol–water partition coefficient (Wildman–Crippen LogP) is 0.626. The van der Waals surface area contributed by atoms with Gasteiger partial charge >= 0.3 is 0 Å². The summed E-state index contributed by atoms with van der Waals surface area (Å²) in [4.78, 5) is 10.9. The Bertz CT molecular complexity index is 531. The number of nitrogens with one attached hydrogen (secondary N) is 1. The van der Waals surface area contributed by atoms with E-state index in [0.717, 1.165) is 5.01 Å². The Morgan fingerprint density at radius 1 is 1.56 bits per heavy atom. The molecule has 18 heavy (non-hydrogen) atoms. The molecule has 0 saturated carbocycles. The smallest absolute Gasteiger partial charge is 0.184 e. The van der Waals surface area contributed by atoms with Gasteiger partial charge in [0.05, 0.1) is 12.3 Å². The lowest BCUT2D eigenvalue weighted by Crippen LogP contribution is -2.37. The Kier molecular flexibility index (Phi) is 3.38. The lowest BCUT2D eigenvalue weighted by molar-refractivity contribution is -0.494. The average Bonchev–Trinajstić information content (AvgIpc) is 2.35. The zero-order valence-electron chi connectivity index (χ0n) is 9.37. The van der Waals surface area contributed by atoms with Crippen LogP contribution in [-0.2, 0) is 0 Å². The van der Waals surface area contributed by atoms with E-state index in [-0.39, 0.29) is 11.7 Å². The standard InChI is InChI=1S/C10H11N5O2S/c11-10(18)13-12-8-5-6-14(15(16)17)9-4-2-1-3-7(8)9/h1-4H,5-6H2,(H3,11,13,18)/b12-8+. The molecule has 1 heterocycles. The number of rotatable bonds is 2. The lowest BCUT2D eigenvalue weighted by Gasteiger charge is -2.23. The zero-order valence-corrected chi connectivity index (χ0v) is 10.2. The van der Waals surface area contributed by atoms with Crippen molar-refractivity contribution in [1.29, 1.82) is 0 Å². The van der Waals surface area contributed by atoms with Crippen molar-refractivity contribution in [2.45, 2.75) is 6.42 Å². The molecule has 0 aromatic heterocycles. The third-order valence-corrected chi connectivity index (χ3v) is 2.64. The van der Waals surface area contributed by atoms with E-state index >= 15 is 0 Å². The van der Waals surface area contributed by atoms with Gasteiger partial charge in [-0.1, -0.05) is 23.2 Å². The fraction of sp³-hybridized carbons (Fsp3) is 0.200. The predicted molar refractivity (Wildman–Crippen MR) is 71.9 cm³/mol. The van der Waals surface area contributed by atoms with E-state index in [0.29, 0.717) is 23.4 Å². The first-order chi connectivity index (χ1) is 8.59. The molecule has 0 unspecified atom stereocenters. The molecule has 3 N–H and O–H groups in total. The van der Waals surface area contributed by atoms with E-state index in [1.807, 2.05) is 0 Å². The van der Waals surface area contributed by atoms with Crippen molar-refractivity contribution in [3.63, 3.8) is 0 Å². The zero-order chi connectivity index (χ0) is 13.1. The lowest BCUT2D eigenvalue weighted by atomic mass is 10.0. The van der Waals surface area contributed by atoms with E-state index < -0.39 is 5.03 Å². The van der Waals surface area contributed by atoms with E-state index in [9.17, 15) is 10.1 Å². The number of para-hydroxylation sites is 1. The highest BCUT2D eigenvalue weighted by Gasteiger charge is 2.28. The number of hydrazone groups is 1. The Labute approximate surface area is 108 Å². The van der Waals surface area contributed by atoms with Crippen LogP contribution in [-0.4, -0.2) is 22.4 Å². The maximum atomic E-state index is 10.9. The summed E-state index contributed by atoms with van der Waals surface area (Å²) < 4.78 is 0. The van der Waals surface area contributed by atoms with Crippen LogP contribution >= 0.6 is 12.2 Å². The topological polar surface area (TPSA) is 96.8 Å². The van der Waals surface area contributed by atoms with E-state index in [2.05, 4.69) is 22.7 Å². The summed E-state index contributed by atoms with van der Waals surface area (Å²) >= 11 is 4.67. The van der Waals surface area contributed by atoms with Crippen LogP contribution in [0.3, 0.4) is 0 Å². The molecule has 0 aliphatic carbocycles. The molecule has 0 amide bonds. The maximum Gasteiger partial charge on any atom is 0.184 e. The summed E-state index contributed by atoms with van der Waals surface area (Å²) in [6, 6.07) is 7.02. The second-order valence-electron chi connectivity index (χ2n) is 3.66. The fourth-order valence-corrected chi connectivity index (χ4v) is 1.86. The third-order valence-electron chi connectivity index (χ3n) is 2.55. The van der Waals surface area contributed by atoms with Gasteiger partial charge in [0.2, 0.25) is 0 Å². The molecule has 0 spiro atoms. The monoisotopic (exact) mass is 265 g/mol. The highest BCUT2D eigenvalue weighted by atomic mass is 32.1. The van der Waals surface area contributed by atoms with Crippen molar-refractivity contribution >= 4 is 28.7 Å². The van der Waals surface area contributed by atoms with Crippen LogP contribution in [0.1, 0.15) is 12.0 Å². The van der Waals surface area contributed by atoms with Gasteiger partial charge in [-0.05, 0) is 18.3 Å². The van der Waals surface area contributed by atoms with Gasteiger partial charge in [0.15, 0.2) is 10.1 Å². The van der Waals surface area contributed by atoms with Crippen LogP contribution in [0.4, 0.5) is 5.69 Å². The van der Waals surface area contributed by atoms with E-state index in [4.69, 9.17) is 5.73 Å². The summed E-state index contributed by atoms with van der Waals surface area (Å²) in [7, 11) is 0. The summed E-state index contributed by atoms with van der Waals surface area (Å²) in [6.07, 6.45) is 0.452. The van der Waals surface area contributed by atoms with Gasteiger partial charge in [-0.3, -0.25) is 5.43 Å². The van der Waals surface area contributed by atoms with Gasteiger partial charge < -0.3 is 5.73 Å². The minimum atomic E-state index is -0.420. The van der Waals surface area contributed by atoms with Crippen molar-refractivity contribution in [3.05, 3.63) is 39.9 Å². The molecule has 1 aliphatic heterocycles. The molecule has 7 nitrogen and oxygen atoms in total. The highest BCUT2D eigenvalue weighted by Crippen LogP contribution is 2.26. The van der Waals surface area contributed by atoms with Crippen molar-refractivity contribution in [2.24, 2.45) is 10.8 Å². The van der Waals surface area contributed by atoms with Gasteiger partial charge in [0.25, 0.3) is 0 Å². The molecule has 0 fully saturated rings. The minimum Gasteiger partial charge on any atom is -0.375 e. The number of thiocarbonyl (C=S) groups is 1. The summed E-state index contributed by atoms with van der Waals surface area (Å²) in [5.41, 5.74) is 9.75. The number of hydrogen-bond acceptors (Lipinski definition) is 4. The van der Waals surface area contributed by atoms with E-state index in [1.54, 1.807) is 24.3 Å². The van der Waals surface area contributed by atoms with Crippen LogP contribution in [0.5, 0.6) is 0 Å². The van der Waals surface area contributed by atoms with Gasteiger partial charge in [0.1, 0.15) is 5.69 Å². The Morgan fingerprint density at radius 3 is 2.94 bits per heavy atom. The van der Waals surface area contributed by atoms with Crippen LogP contribution in [0.2, 0.25) is 0 Å². The van der Waals surface area contributed by atoms with Crippen LogP contribution in [0.15, 0.2) is 29.4 Å². The number of fused-ring (bicyclic) bond motifs is 1. The maximum absolute atomic E-state index is 10.9. The first kappa shape index (κ1) is 12.2. The third kappa shape index (κ3) is 2.38. The number of anilines is 1. The second-order valence-corrected chi connectivity index (χ2v) is 4.10. The van der Waals surface area contributed by atoms with Crippen LogP contribution in [0, 0.1) is 10.1 Å². The van der Waals surface area contributed by atoms with Gasteiger partial charge in [-0.25, -0.2) is 10.1 Å². The Hall–Kier alpha value is -2.22. The molecule has 1 aliphatic rings. The minimum absolute atomic E-state index is 0.0664. The molecule has 0 radical (unpaired) electrons. The number of nitrogens with zero attached hydrogens (tertiary/aromatic N) is 3. The number of hydrazine groups is 1. The van der Waals surface area contributed by atoms with Crippen molar-refractivity contribution < 1.29 is 5.03 Å². The Morgan fingerprint density at radius 2 is 2.28 bits per heavy atom.